The Bertz CT molecular complexity index is 759. The molecule has 0 spiro atoms. The highest BCUT2D eigenvalue weighted by atomic mass is 16.6. The first-order valence-corrected chi connectivity index (χ1v) is 14.3. The van der Waals surface area contributed by atoms with E-state index in [1.165, 1.54) is 56.9 Å². The van der Waals surface area contributed by atoms with Gasteiger partial charge in [-0.15, -0.1) is 0 Å². The van der Waals surface area contributed by atoms with Gasteiger partial charge in [0.05, 0.1) is 6.61 Å². The topological polar surface area (TPSA) is 66.8 Å². The third kappa shape index (κ3) is 4.75. The number of aliphatic hydroxyl groups excluding tert-OH is 2. The van der Waals surface area contributed by atoms with Gasteiger partial charge in [-0.05, 0) is 91.3 Å². The number of rotatable bonds is 8. The molecule has 0 aromatic carbocycles. The van der Waals surface area contributed by atoms with Crippen LogP contribution in [0, 0.1) is 46.3 Å². The molecule has 0 heterocycles. The smallest absolute Gasteiger partial charge is 0.337 e. The van der Waals surface area contributed by atoms with Crippen molar-refractivity contribution in [2.75, 3.05) is 6.61 Å². The van der Waals surface area contributed by atoms with Gasteiger partial charge in [-0.1, -0.05) is 65.5 Å². The van der Waals surface area contributed by atoms with Crippen LogP contribution >= 0.6 is 0 Å². The van der Waals surface area contributed by atoms with E-state index < -0.39 is 18.7 Å². The van der Waals surface area contributed by atoms with E-state index in [2.05, 4.69) is 40.7 Å². The van der Waals surface area contributed by atoms with Gasteiger partial charge in [-0.25, -0.2) is 4.79 Å². The fourth-order valence-corrected chi connectivity index (χ4v) is 9.07. The number of hydrogen-bond donors (Lipinski definition) is 2. The third-order valence-electron chi connectivity index (χ3n) is 11.0. The normalized spacial score (nSPS) is 41.2. The van der Waals surface area contributed by atoms with Crippen molar-refractivity contribution in [2.45, 2.75) is 117 Å². The molecule has 4 rings (SSSR count). The molecule has 0 amide bonds. The Kier molecular flexibility index (Phi) is 7.89. The van der Waals surface area contributed by atoms with E-state index in [1.807, 2.05) is 0 Å². The van der Waals surface area contributed by atoms with E-state index in [-0.39, 0.29) is 11.5 Å². The SMILES string of the molecule is CC(C)CCC[C@@H](C)[C@H]1CCC2C3CC=C4C[C@@H](OC(=O)C(O)CO)CC[C@]4(C)C3CC[C@@]21C. The fraction of sp³-hybridized carbons (Fsp3) is 0.900. The molecule has 0 saturated heterocycles. The fourth-order valence-electron chi connectivity index (χ4n) is 9.07. The maximum atomic E-state index is 12.0. The van der Waals surface area contributed by atoms with Crippen molar-refractivity contribution in [3.63, 3.8) is 0 Å². The quantitative estimate of drug-likeness (QED) is 0.320. The predicted molar refractivity (Wildman–Crippen MR) is 136 cm³/mol. The summed E-state index contributed by atoms with van der Waals surface area (Å²) in [5.74, 6) is 4.27. The van der Waals surface area contributed by atoms with Crippen LogP contribution in [-0.4, -0.2) is 35.0 Å². The second-order valence-electron chi connectivity index (χ2n) is 13.3. The van der Waals surface area contributed by atoms with Crippen LogP contribution in [-0.2, 0) is 9.53 Å². The maximum Gasteiger partial charge on any atom is 0.337 e. The lowest BCUT2D eigenvalue weighted by Crippen LogP contribution is -2.51. The molecule has 9 atom stereocenters. The molecule has 194 valence electrons. The lowest BCUT2D eigenvalue weighted by molar-refractivity contribution is -0.163. The van der Waals surface area contributed by atoms with Crippen LogP contribution in [0.1, 0.15) is 105 Å². The van der Waals surface area contributed by atoms with Crippen LogP contribution in [0.15, 0.2) is 11.6 Å². The lowest BCUT2D eigenvalue weighted by atomic mass is 9.47. The molecule has 4 nitrogen and oxygen atoms in total. The zero-order valence-corrected chi connectivity index (χ0v) is 22.4. The van der Waals surface area contributed by atoms with Crippen molar-refractivity contribution >= 4 is 5.97 Å². The van der Waals surface area contributed by atoms with Crippen LogP contribution in [0.4, 0.5) is 0 Å². The summed E-state index contributed by atoms with van der Waals surface area (Å²) in [6, 6.07) is 0. The van der Waals surface area contributed by atoms with Crippen molar-refractivity contribution in [3.8, 4) is 0 Å². The Hall–Kier alpha value is -0.870. The highest BCUT2D eigenvalue weighted by Gasteiger charge is 2.59. The van der Waals surface area contributed by atoms with Crippen molar-refractivity contribution in [1.29, 1.82) is 0 Å². The number of fused-ring (bicyclic) bond motifs is 5. The zero-order valence-electron chi connectivity index (χ0n) is 22.4. The van der Waals surface area contributed by atoms with Gasteiger partial charge in [0.15, 0.2) is 6.10 Å². The van der Waals surface area contributed by atoms with Gasteiger partial charge in [0.2, 0.25) is 0 Å². The second kappa shape index (κ2) is 10.2. The van der Waals surface area contributed by atoms with Gasteiger partial charge in [-0.2, -0.15) is 0 Å². The molecule has 2 N–H and O–H groups in total. The average molecular weight is 475 g/mol. The molecule has 4 heteroatoms. The van der Waals surface area contributed by atoms with Crippen molar-refractivity contribution in [1.82, 2.24) is 0 Å². The first kappa shape index (κ1) is 26.2. The van der Waals surface area contributed by atoms with Gasteiger partial charge in [0.25, 0.3) is 0 Å². The molecular formula is C30H50O4. The summed E-state index contributed by atoms with van der Waals surface area (Å²) < 4.78 is 5.56. The molecule has 3 saturated carbocycles. The van der Waals surface area contributed by atoms with Gasteiger partial charge in [-0.3, -0.25) is 0 Å². The summed E-state index contributed by atoms with van der Waals surface area (Å²) in [4.78, 5) is 12.0. The van der Waals surface area contributed by atoms with Crippen LogP contribution in [0.5, 0.6) is 0 Å². The first-order chi connectivity index (χ1) is 16.1. The van der Waals surface area contributed by atoms with E-state index in [1.54, 1.807) is 0 Å². The van der Waals surface area contributed by atoms with Crippen molar-refractivity contribution in [2.24, 2.45) is 46.3 Å². The molecule has 0 aromatic rings. The summed E-state index contributed by atoms with van der Waals surface area (Å²) in [6.07, 6.45) is 14.5. The van der Waals surface area contributed by atoms with Crippen LogP contribution in [0.25, 0.3) is 0 Å². The van der Waals surface area contributed by atoms with E-state index >= 15 is 0 Å². The number of carbonyl (C=O) groups excluding carboxylic acids is 1. The first-order valence-electron chi connectivity index (χ1n) is 14.3. The lowest BCUT2D eigenvalue weighted by Gasteiger charge is -2.58. The molecule has 4 aliphatic carbocycles. The number of carbonyl (C=O) groups is 1. The highest BCUT2D eigenvalue weighted by Crippen LogP contribution is 2.67. The van der Waals surface area contributed by atoms with Gasteiger partial charge < -0.3 is 14.9 Å². The second-order valence-corrected chi connectivity index (χ2v) is 13.3. The molecule has 0 aliphatic heterocycles. The molecule has 4 unspecified atom stereocenters. The van der Waals surface area contributed by atoms with E-state index in [9.17, 15) is 9.90 Å². The minimum atomic E-state index is -1.42. The van der Waals surface area contributed by atoms with Crippen molar-refractivity contribution in [3.05, 3.63) is 11.6 Å². The van der Waals surface area contributed by atoms with E-state index in [4.69, 9.17) is 9.84 Å². The summed E-state index contributed by atoms with van der Waals surface area (Å²) in [5, 5.41) is 18.6. The monoisotopic (exact) mass is 474 g/mol. The van der Waals surface area contributed by atoms with Crippen LogP contribution < -0.4 is 0 Å². The minimum absolute atomic E-state index is 0.166. The van der Waals surface area contributed by atoms with Gasteiger partial charge in [0, 0.05) is 6.42 Å². The molecule has 4 aliphatic rings. The Morgan fingerprint density at radius 2 is 1.85 bits per heavy atom. The van der Waals surface area contributed by atoms with Crippen LogP contribution in [0.3, 0.4) is 0 Å². The maximum absolute atomic E-state index is 12.0. The molecule has 3 fully saturated rings. The number of ether oxygens (including phenoxy) is 1. The summed E-state index contributed by atoms with van der Waals surface area (Å²) in [5.41, 5.74) is 2.22. The standard InChI is InChI=1S/C30H50O4/c1-19(2)7-6-8-20(3)24-11-12-25-23-10-9-21-17-22(34-28(33)27(32)18-31)13-15-29(21,4)26(23)14-16-30(24,25)5/h9,19-20,22-27,31-32H,6-8,10-18H2,1-5H3/t20-,22+,23?,24-,25?,26?,27?,29+,30-/m1/s1. The Morgan fingerprint density at radius 3 is 2.56 bits per heavy atom. The van der Waals surface area contributed by atoms with Crippen LogP contribution in [0.2, 0.25) is 0 Å². The van der Waals surface area contributed by atoms with Gasteiger partial charge in [0.1, 0.15) is 6.10 Å². The third-order valence-corrected chi connectivity index (χ3v) is 11.0. The predicted octanol–water partition coefficient (Wildman–Crippen LogP) is 6.29. The largest absolute Gasteiger partial charge is 0.460 e. The molecular weight excluding hydrogens is 424 g/mol. The van der Waals surface area contributed by atoms with Crippen molar-refractivity contribution < 1.29 is 19.7 Å². The number of hydrogen-bond acceptors (Lipinski definition) is 4. The Morgan fingerprint density at radius 1 is 1.09 bits per heavy atom. The van der Waals surface area contributed by atoms with E-state index in [0.717, 1.165) is 54.8 Å². The average Bonchev–Trinajstić information content (AvgIpc) is 3.15. The van der Waals surface area contributed by atoms with Gasteiger partial charge >= 0.3 is 5.97 Å². The molecule has 0 radical (unpaired) electrons. The Labute approximate surface area is 207 Å². The summed E-state index contributed by atoms with van der Waals surface area (Å²) in [7, 11) is 0. The number of esters is 1. The Balaban J connectivity index is 1.43. The number of aliphatic hydroxyl groups is 2. The molecule has 0 bridgehead atoms. The highest BCUT2D eigenvalue weighted by molar-refractivity contribution is 5.74. The summed E-state index contributed by atoms with van der Waals surface area (Å²) >= 11 is 0. The summed E-state index contributed by atoms with van der Waals surface area (Å²) in [6.45, 7) is 11.8. The number of allylic oxidation sites excluding steroid dienone is 1. The molecule has 34 heavy (non-hydrogen) atoms. The molecule has 0 aromatic heterocycles. The van der Waals surface area contributed by atoms with E-state index in [0.29, 0.717) is 5.41 Å². The zero-order chi connectivity index (χ0) is 24.7. The minimum Gasteiger partial charge on any atom is -0.460 e.